The van der Waals surface area contributed by atoms with E-state index in [2.05, 4.69) is 0 Å². The first-order valence-electron chi connectivity index (χ1n) is 6.53. The van der Waals surface area contributed by atoms with Crippen LogP contribution in [0.4, 0.5) is 4.39 Å². The lowest BCUT2D eigenvalue weighted by Crippen LogP contribution is -2.25. The van der Waals surface area contributed by atoms with E-state index in [1.165, 1.54) is 12.1 Å². The Morgan fingerprint density at radius 3 is 2.30 bits per heavy atom. The average molecular weight is 293 g/mol. The number of aliphatic hydroxyl groups is 1. The highest BCUT2D eigenvalue weighted by Gasteiger charge is 2.25. The van der Waals surface area contributed by atoms with Gasteiger partial charge in [0.1, 0.15) is 5.82 Å². The van der Waals surface area contributed by atoms with Gasteiger partial charge >= 0.3 is 0 Å². The van der Waals surface area contributed by atoms with Crippen LogP contribution in [0.15, 0.2) is 36.4 Å². The van der Waals surface area contributed by atoms with Crippen molar-refractivity contribution in [2.75, 3.05) is 0 Å². The maximum atomic E-state index is 13.8. The highest BCUT2D eigenvalue weighted by Crippen LogP contribution is 2.29. The Bertz CT molecular complexity index is 615. The predicted molar refractivity (Wildman–Crippen MR) is 80.6 cm³/mol. The predicted octanol–water partition coefficient (Wildman–Crippen LogP) is 4.55. The molecule has 2 aromatic rings. The molecule has 3 heteroatoms. The minimum absolute atomic E-state index is 0.183. The van der Waals surface area contributed by atoms with Gasteiger partial charge in [0, 0.05) is 11.4 Å². The van der Waals surface area contributed by atoms with Crippen molar-refractivity contribution in [3.05, 3.63) is 69.5 Å². The Morgan fingerprint density at radius 1 is 1.10 bits per heavy atom. The van der Waals surface area contributed by atoms with Crippen LogP contribution in [0.5, 0.6) is 0 Å². The van der Waals surface area contributed by atoms with Crippen molar-refractivity contribution in [1.82, 2.24) is 0 Å². The van der Waals surface area contributed by atoms with Gasteiger partial charge in [-0.25, -0.2) is 4.39 Å². The number of hydrogen-bond donors (Lipinski definition) is 1. The number of rotatable bonds is 3. The molecule has 0 radical (unpaired) electrons. The fourth-order valence-electron chi connectivity index (χ4n) is 2.44. The Morgan fingerprint density at radius 2 is 1.70 bits per heavy atom. The zero-order chi connectivity index (χ0) is 14.9. The molecule has 106 valence electrons. The Hall–Kier alpha value is -1.38. The van der Waals surface area contributed by atoms with E-state index >= 15 is 0 Å². The van der Waals surface area contributed by atoms with Crippen LogP contribution in [0.25, 0.3) is 0 Å². The summed E-state index contributed by atoms with van der Waals surface area (Å²) in [6, 6.07) is 10.3. The SMILES string of the molecule is Cc1cc(C)cc(C(C)(O)Cc2cc(Cl)ccc2F)c1. The first-order chi connectivity index (χ1) is 9.28. The Labute approximate surface area is 124 Å². The van der Waals surface area contributed by atoms with Crippen molar-refractivity contribution in [2.24, 2.45) is 0 Å². The van der Waals surface area contributed by atoms with Crippen molar-refractivity contribution in [3.8, 4) is 0 Å². The van der Waals surface area contributed by atoms with E-state index in [1.54, 1.807) is 13.0 Å². The first-order valence-corrected chi connectivity index (χ1v) is 6.91. The van der Waals surface area contributed by atoms with Gasteiger partial charge in [0.25, 0.3) is 0 Å². The highest BCUT2D eigenvalue weighted by molar-refractivity contribution is 6.30. The van der Waals surface area contributed by atoms with Crippen molar-refractivity contribution in [1.29, 1.82) is 0 Å². The molecule has 0 spiro atoms. The van der Waals surface area contributed by atoms with Gasteiger partial charge in [0.2, 0.25) is 0 Å². The van der Waals surface area contributed by atoms with Gasteiger partial charge in [0.05, 0.1) is 5.60 Å². The van der Waals surface area contributed by atoms with E-state index in [1.807, 2.05) is 32.0 Å². The van der Waals surface area contributed by atoms with Crippen LogP contribution in [0, 0.1) is 19.7 Å². The van der Waals surface area contributed by atoms with Crippen LogP contribution in [-0.2, 0) is 12.0 Å². The molecular formula is C17H18ClFO. The molecule has 0 bridgehead atoms. The summed E-state index contributed by atoms with van der Waals surface area (Å²) in [7, 11) is 0. The van der Waals surface area contributed by atoms with Crippen LogP contribution in [0.1, 0.15) is 29.2 Å². The van der Waals surface area contributed by atoms with Crippen LogP contribution in [-0.4, -0.2) is 5.11 Å². The minimum atomic E-state index is -1.14. The molecule has 1 N–H and O–H groups in total. The van der Waals surface area contributed by atoms with Crippen LogP contribution in [0.2, 0.25) is 5.02 Å². The molecule has 0 fully saturated rings. The molecule has 0 aliphatic carbocycles. The lowest BCUT2D eigenvalue weighted by atomic mass is 9.87. The molecule has 0 amide bonds. The van der Waals surface area contributed by atoms with Gasteiger partial charge in [-0.05, 0) is 50.1 Å². The van der Waals surface area contributed by atoms with Gasteiger partial charge in [0.15, 0.2) is 0 Å². The summed E-state index contributed by atoms with van der Waals surface area (Å²) >= 11 is 5.89. The molecule has 0 saturated carbocycles. The molecular weight excluding hydrogens is 275 g/mol. The van der Waals surface area contributed by atoms with Gasteiger partial charge in [-0.3, -0.25) is 0 Å². The van der Waals surface area contributed by atoms with Gasteiger partial charge in [-0.2, -0.15) is 0 Å². The summed E-state index contributed by atoms with van der Waals surface area (Å²) in [5.74, 6) is -0.348. The average Bonchev–Trinajstić information content (AvgIpc) is 2.32. The summed E-state index contributed by atoms with van der Waals surface area (Å²) in [6.45, 7) is 5.65. The summed E-state index contributed by atoms with van der Waals surface area (Å²) in [5.41, 5.74) is 2.22. The van der Waals surface area contributed by atoms with Crippen molar-refractivity contribution < 1.29 is 9.50 Å². The highest BCUT2D eigenvalue weighted by atomic mass is 35.5. The third-order valence-corrected chi connectivity index (χ3v) is 3.62. The van der Waals surface area contributed by atoms with E-state index in [0.29, 0.717) is 10.6 Å². The largest absolute Gasteiger partial charge is 0.385 e. The van der Waals surface area contributed by atoms with E-state index in [9.17, 15) is 9.50 Å². The molecule has 0 aliphatic heterocycles. The minimum Gasteiger partial charge on any atom is -0.385 e. The molecule has 0 aromatic heterocycles. The van der Waals surface area contributed by atoms with Crippen LogP contribution < -0.4 is 0 Å². The van der Waals surface area contributed by atoms with Crippen molar-refractivity contribution in [2.45, 2.75) is 32.8 Å². The third-order valence-electron chi connectivity index (χ3n) is 3.39. The summed E-state index contributed by atoms with van der Waals surface area (Å²) < 4.78 is 13.8. The third kappa shape index (κ3) is 3.38. The molecule has 1 atom stereocenters. The zero-order valence-corrected chi connectivity index (χ0v) is 12.6. The maximum Gasteiger partial charge on any atom is 0.126 e. The second-order valence-corrected chi connectivity index (χ2v) is 6.00. The second-order valence-electron chi connectivity index (χ2n) is 5.56. The van der Waals surface area contributed by atoms with Crippen LogP contribution in [0.3, 0.4) is 0 Å². The topological polar surface area (TPSA) is 20.2 Å². The molecule has 2 rings (SSSR count). The molecule has 0 heterocycles. The fraction of sp³-hybridized carbons (Fsp3) is 0.294. The number of benzene rings is 2. The van der Waals surface area contributed by atoms with E-state index in [-0.39, 0.29) is 12.2 Å². The number of aryl methyl sites for hydroxylation is 2. The quantitative estimate of drug-likeness (QED) is 0.880. The van der Waals surface area contributed by atoms with Crippen molar-refractivity contribution in [3.63, 3.8) is 0 Å². The molecule has 0 aliphatic rings. The Kier molecular flexibility index (Phi) is 4.17. The Balaban J connectivity index is 2.37. The lowest BCUT2D eigenvalue weighted by Gasteiger charge is -2.25. The molecule has 0 saturated heterocycles. The molecule has 1 unspecified atom stereocenters. The van der Waals surface area contributed by atoms with Crippen molar-refractivity contribution >= 4 is 11.6 Å². The van der Waals surface area contributed by atoms with E-state index < -0.39 is 5.60 Å². The number of hydrogen-bond acceptors (Lipinski definition) is 1. The molecule has 1 nitrogen and oxygen atoms in total. The van der Waals surface area contributed by atoms with Gasteiger partial charge in [-0.15, -0.1) is 0 Å². The fourth-order valence-corrected chi connectivity index (χ4v) is 2.63. The maximum absolute atomic E-state index is 13.8. The zero-order valence-electron chi connectivity index (χ0n) is 11.9. The normalized spacial score (nSPS) is 14.1. The number of halogens is 2. The lowest BCUT2D eigenvalue weighted by molar-refractivity contribution is 0.0566. The summed E-state index contributed by atoms with van der Waals surface area (Å²) in [6.07, 6.45) is 0.183. The van der Waals surface area contributed by atoms with Gasteiger partial charge < -0.3 is 5.11 Å². The van der Waals surface area contributed by atoms with Gasteiger partial charge in [-0.1, -0.05) is 40.9 Å². The molecule has 2 aromatic carbocycles. The smallest absolute Gasteiger partial charge is 0.126 e. The summed E-state index contributed by atoms with van der Waals surface area (Å²) in [4.78, 5) is 0. The van der Waals surface area contributed by atoms with Crippen LogP contribution >= 0.6 is 11.6 Å². The summed E-state index contributed by atoms with van der Waals surface area (Å²) in [5, 5.41) is 11.2. The van der Waals surface area contributed by atoms with E-state index in [0.717, 1.165) is 16.7 Å². The molecule has 20 heavy (non-hydrogen) atoms. The second kappa shape index (κ2) is 5.55. The van der Waals surface area contributed by atoms with E-state index in [4.69, 9.17) is 11.6 Å². The standard InChI is InChI=1S/C17H18ClFO/c1-11-6-12(2)8-14(7-11)17(3,20)10-13-9-15(18)4-5-16(13)19/h4-9,20H,10H2,1-3H3. The first kappa shape index (κ1) is 15.0. The monoisotopic (exact) mass is 292 g/mol.